The van der Waals surface area contributed by atoms with Crippen molar-refractivity contribution in [1.29, 1.82) is 0 Å². The molecule has 30 heavy (non-hydrogen) atoms. The number of rotatable bonds is 5. The first-order valence-corrected chi connectivity index (χ1v) is 9.36. The van der Waals surface area contributed by atoms with Crippen LogP contribution in [0.1, 0.15) is 21.5 Å². The summed E-state index contributed by atoms with van der Waals surface area (Å²) in [5.74, 6) is -0.303. The molecule has 3 heterocycles. The third-order valence-electron chi connectivity index (χ3n) is 4.91. The molecule has 0 unspecified atom stereocenters. The van der Waals surface area contributed by atoms with Gasteiger partial charge < -0.3 is 10.3 Å². The molecule has 1 amide bonds. The van der Waals surface area contributed by atoms with Gasteiger partial charge >= 0.3 is 0 Å². The average molecular weight is 399 g/mol. The largest absolute Gasteiger partial charge is 0.348 e. The molecule has 3 aromatic heterocycles. The second kappa shape index (κ2) is 7.28. The van der Waals surface area contributed by atoms with Crippen LogP contribution in [0.3, 0.4) is 0 Å². The average Bonchev–Trinajstić information content (AvgIpc) is 3.43. The number of para-hydroxylation sites is 1. The number of amides is 1. The van der Waals surface area contributed by atoms with E-state index in [4.69, 9.17) is 0 Å². The Morgan fingerprint density at radius 3 is 2.63 bits per heavy atom. The van der Waals surface area contributed by atoms with Gasteiger partial charge in [0, 0.05) is 6.54 Å². The highest BCUT2D eigenvalue weighted by Crippen LogP contribution is 2.14. The van der Waals surface area contributed by atoms with Gasteiger partial charge in [0.2, 0.25) is 0 Å². The lowest BCUT2D eigenvalue weighted by atomic mass is 10.1. The Morgan fingerprint density at radius 2 is 1.83 bits per heavy atom. The molecule has 2 aromatic carbocycles. The van der Waals surface area contributed by atoms with Crippen LogP contribution in [0, 0.1) is 0 Å². The standard InChI is InChI=1S/C21H17N7O2/c29-20(23-9-14-5-7-15(8-6-14)11-27-13-22-12-25-27)17-10-24-28-18-4-2-1-3-16(18)21(30)26-19(17)28/h1-8,10,12-13H,9,11H2,(H,23,29)(H,26,30). The molecule has 5 rings (SSSR count). The minimum Gasteiger partial charge on any atom is -0.348 e. The first-order chi connectivity index (χ1) is 14.7. The Kier molecular flexibility index (Phi) is 4.32. The lowest BCUT2D eigenvalue weighted by Crippen LogP contribution is -2.23. The van der Waals surface area contributed by atoms with Gasteiger partial charge in [0.1, 0.15) is 23.9 Å². The van der Waals surface area contributed by atoms with E-state index in [-0.39, 0.29) is 11.5 Å². The highest BCUT2D eigenvalue weighted by Gasteiger charge is 2.16. The summed E-state index contributed by atoms with van der Waals surface area (Å²) in [5.41, 5.74) is 3.14. The summed E-state index contributed by atoms with van der Waals surface area (Å²) in [6.07, 6.45) is 4.63. The summed E-state index contributed by atoms with van der Waals surface area (Å²) >= 11 is 0. The Morgan fingerprint density at radius 1 is 1.03 bits per heavy atom. The van der Waals surface area contributed by atoms with E-state index >= 15 is 0 Å². The highest BCUT2D eigenvalue weighted by atomic mass is 16.2. The van der Waals surface area contributed by atoms with E-state index < -0.39 is 0 Å². The van der Waals surface area contributed by atoms with Crippen molar-refractivity contribution in [2.75, 3.05) is 0 Å². The number of aromatic amines is 1. The molecule has 9 nitrogen and oxygen atoms in total. The molecular weight excluding hydrogens is 382 g/mol. The molecule has 0 aliphatic heterocycles. The number of fused-ring (bicyclic) bond motifs is 3. The van der Waals surface area contributed by atoms with Crippen molar-refractivity contribution in [3.05, 3.63) is 94.4 Å². The molecule has 0 saturated carbocycles. The summed E-state index contributed by atoms with van der Waals surface area (Å²) in [6.45, 7) is 0.994. The van der Waals surface area contributed by atoms with Crippen LogP contribution < -0.4 is 10.9 Å². The molecule has 9 heteroatoms. The lowest BCUT2D eigenvalue weighted by Gasteiger charge is -2.07. The number of nitrogens with zero attached hydrogens (tertiary/aromatic N) is 5. The quantitative estimate of drug-likeness (QED) is 0.468. The minimum atomic E-state index is -0.303. The van der Waals surface area contributed by atoms with Gasteiger partial charge in [-0.2, -0.15) is 10.2 Å². The molecule has 0 spiro atoms. The molecule has 5 aromatic rings. The van der Waals surface area contributed by atoms with Gasteiger partial charge in [0.25, 0.3) is 11.5 Å². The molecule has 148 valence electrons. The number of carbonyl (C=O) groups is 1. The topological polar surface area (TPSA) is 110 Å². The Hall–Kier alpha value is -4.27. The number of hydrogen-bond acceptors (Lipinski definition) is 5. The zero-order valence-electron chi connectivity index (χ0n) is 15.8. The van der Waals surface area contributed by atoms with Gasteiger partial charge in [0.05, 0.1) is 23.6 Å². The molecular formula is C21H17N7O2. The summed E-state index contributed by atoms with van der Waals surface area (Å²) in [4.78, 5) is 31.8. The Labute approximate surface area is 170 Å². The van der Waals surface area contributed by atoms with Crippen molar-refractivity contribution in [1.82, 2.24) is 34.7 Å². The second-order valence-corrected chi connectivity index (χ2v) is 6.88. The van der Waals surface area contributed by atoms with Crippen molar-refractivity contribution in [2.24, 2.45) is 0 Å². The summed E-state index contributed by atoms with van der Waals surface area (Å²) in [6, 6.07) is 15.0. The number of nitrogens with one attached hydrogen (secondary N) is 2. The van der Waals surface area contributed by atoms with Crippen LogP contribution >= 0.6 is 0 Å². The van der Waals surface area contributed by atoms with Crippen LogP contribution in [0.15, 0.2) is 72.2 Å². The smallest absolute Gasteiger partial charge is 0.259 e. The zero-order chi connectivity index (χ0) is 20.5. The third kappa shape index (κ3) is 3.22. The van der Waals surface area contributed by atoms with E-state index in [0.717, 1.165) is 11.1 Å². The zero-order valence-corrected chi connectivity index (χ0v) is 15.8. The van der Waals surface area contributed by atoms with Crippen molar-refractivity contribution in [3.63, 3.8) is 0 Å². The molecule has 0 radical (unpaired) electrons. The van der Waals surface area contributed by atoms with E-state index in [1.54, 1.807) is 33.7 Å². The van der Waals surface area contributed by atoms with Gasteiger partial charge in [-0.1, -0.05) is 36.4 Å². The number of hydrogen-bond donors (Lipinski definition) is 2. The van der Waals surface area contributed by atoms with Gasteiger partial charge in [-0.25, -0.2) is 14.2 Å². The first kappa shape index (κ1) is 17.8. The van der Waals surface area contributed by atoms with E-state index in [0.29, 0.717) is 35.2 Å². The summed E-state index contributed by atoms with van der Waals surface area (Å²) in [7, 11) is 0. The van der Waals surface area contributed by atoms with Crippen molar-refractivity contribution in [2.45, 2.75) is 13.1 Å². The normalized spacial score (nSPS) is 11.2. The van der Waals surface area contributed by atoms with Crippen molar-refractivity contribution in [3.8, 4) is 0 Å². The molecule has 0 saturated heterocycles. The molecule has 0 bridgehead atoms. The Balaban J connectivity index is 1.33. The number of aromatic nitrogens is 6. The maximum atomic E-state index is 12.7. The maximum Gasteiger partial charge on any atom is 0.259 e. The van der Waals surface area contributed by atoms with Gasteiger partial charge in [0.15, 0.2) is 0 Å². The van der Waals surface area contributed by atoms with Gasteiger partial charge in [-0.05, 0) is 23.3 Å². The fraction of sp³-hybridized carbons (Fsp3) is 0.0952. The van der Waals surface area contributed by atoms with Crippen molar-refractivity contribution >= 4 is 22.5 Å². The SMILES string of the molecule is O=C(NCc1ccc(Cn2cncn2)cc1)c1cnn2c1[nH]c(=O)c1ccccc12. The first-order valence-electron chi connectivity index (χ1n) is 9.36. The van der Waals surface area contributed by atoms with Crippen LogP contribution in [0.4, 0.5) is 0 Å². The lowest BCUT2D eigenvalue weighted by molar-refractivity contribution is 0.0952. The molecule has 0 atom stereocenters. The van der Waals surface area contributed by atoms with E-state index in [1.807, 2.05) is 30.3 Å². The third-order valence-corrected chi connectivity index (χ3v) is 4.91. The minimum absolute atomic E-state index is 0.254. The second-order valence-electron chi connectivity index (χ2n) is 6.88. The predicted octanol–water partition coefficient (Wildman–Crippen LogP) is 1.75. The summed E-state index contributed by atoms with van der Waals surface area (Å²) in [5, 5.41) is 11.8. The molecule has 0 aliphatic carbocycles. The van der Waals surface area contributed by atoms with Crippen LogP contribution in [0.5, 0.6) is 0 Å². The van der Waals surface area contributed by atoms with Gasteiger partial charge in [-0.15, -0.1) is 0 Å². The molecule has 0 aliphatic rings. The predicted molar refractivity (Wildman–Crippen MR) is 110 cm³/mol. The van der Waals surface area contributed by atoms with Crippen LogP contribution in [0.2, 0.25) is 0 Å². The fourth-order valence-corrected chi connectivity index (χ4v) is 3.38. The van der Waals surface area contributed by atoms with Crippen LogP contribution in [-0.2, 0) is 13.1 Å². The van der Waals surface area contributed by atoms with E-state index in [9.17, 15) is 9.59 Å². The highest BCUT2D eigenvalue weighted by molar-refractivity contribution is 6.00. The number of carbonyl (C=O) groups excluding carboxylic acids is 1. The van der Waals surface area contributed by atoms with Crippen molar-refractivity contribution < 1.29 is 4.79 Å². The van der Waals surface area contributed by atoms with Gasteiger partial charge in [-0.3, -0.25) is 9.59 Å². The van der Waals surface area contributed by atoms with E-state index in [1.165, 1.54) is 12.5 Å². The number of benzene rings is 2. The van der Waals surface area contributed by atoms with E-state index in [2.05, 4.69) is 25.5 Å². The fourth-order valence-electron chi connectivity index (χ4n) is 3.38. The number of H-pyrrole nitrogens is 1. The van der Waals surface area contributed by atoms with Crippen LogP contribution in [0.25, 0.3) is 16.6 Å². The monoisotopic (exact) mass is 399 g/mol. The molecule has 2 N–H and O–H groups in total. The molecule has 0 fully saturated rings. The maximum absolute atomic E-state index is 12.7. The summed E-state index contributed by atoms with van der Waals surface area (Å²) < 4.78 is 3.32. The Bertz CT molecular complexity index is 1400. The van der Waals surface area contributed by atoms with Crippen LogP contribution in [-0.4, -0.2) is 35.3 Å².